The number of aromatic amines is 1. The third-order valence-electron chi connectivity index (χ3n) is 3.84. The van der Waals surface area contributed by atoms with Gasteiger partial charge in [0.15, 0.2) is 0 Å². The van der Waals surface area contributed by atoms with Crippen molar-refractivity contribution in [3.8, 4) is 0 Å². The zero-order valence-corrected chi connectivity index (χ0v) is 9.10. The van der Waals surface area contributed by atoms with Crippen molar-refractivity contribution in [2.75, 3.05) is 0 Å². The first-order valence-electron chi connectivity index (χ1n) is 5.65. The molecular weight excluding hydrogens is 204 g/mol. The Kier molecular flexibility index (Phi) is 1.93. The molecule has 0 aliphatic heterocycles. The van der Waals surface area contributed by atoms with E-state index in [9.17, 15) is 4.79 Å². The Hall–Kier alpha value is -1.58. The van der Waals surface area contributed by atoms with Gasteiger partial charge in [0.05, 0.1) is 5.69 Å². The number of nitrogens with zero attached hydrogens (tertiary/aromatic N) is 1. The fourth-order valence-corrected chi connectivity index (χ4v) is 3.02. The molecule has 0 amide bonds. The lowest BCUT2D eigenvalue weighted by Crippen LogP contribution is -2.02. The van der Waals surface area contributed by atoms with Gasteiger partial charge in [-0.15, -0.1) is 0 Å². The van der Waals surface area contributed by atoms with Crippen molar-refractivity contribution in [2.24, 2.45) is 11.8 Å². The van der Waals surface area contributed by atoms with Crippen LogP contribution < -0.4 is 0 Å². The van der Waals surface area contributed by atoms with Gasteiger partial charge in [0.2, 0.25) is 0 Å². The Morgan fingerprint density at radius 1 is 1.69 bits per heavy atom. The Morgan fingerprint density at radius 2 is 2.50 bits per heavy atom. The topological polar surface area (TPSA) is 66.0 Å². The number of aromatic nitrogens is 2. The molecule has 1 fully saturated rings. The highest BCUT2D eigenvalue weighted by atomic mass is 16.4. The van der Waals surface area contributed by atoms with Gasteiger partial charge in [-0.05, 0) is 31.6 Å². The first kappa shape index (κ1) is 9.63. The van der Waals surface area contributed by atoms with Crippen molar-refractivity contribution in [1.29, 1.82) is 0 Å². The largest absolute Gasteiger partial charge is 0.477 e. The summed E-state index contributed by atoms with van der Waals surface area (Å²) in [6, 6.07) is 0. The molecule has 2 aliphatic carbocycles. The molecule has 0 radical (unpaired) electrons. The summed E-state index contributed by atoms with van der Waals surface area (Å²) >= 11 is 0. The van der Waals surface area contributed by atoms with E-state index >= 15 is 0 Å². The molecule has 1 heterocycles. The quantitative estimate of drug-likeness (QED) is 0.762. The van der Waals surface area contributed by atoms with E-state index in [1.165, 1.54) is 0 Å². The first-order valence-corrected chi connectivity index (χ1v) is 5.65. The molecule has 2 N–H and O–H groups in total. The summed E-state index contributed by atoms with van der Waals surface area (Å²) in [5, 5.41) is 15.8. The second kappa shape index (κ2) is 3.20. The van der Waals surface area contributed by atoms with Crippen molar-refractivity contribution >= 4 is 5.97 Å². The van der Waals surface area contributed by atoms with Crippen molar-refractivity contribution < 1.29 is 9.90 Å². The van der Waals surface area contributed by atoms with E-state index in [4.69, 9.17) is 5.11 Å². The lowest BCUT2D eigenvalue weighted by atomic mass is 10.0. The number of carbonyl (C=O) groups is 1. The van der Waals surface area contributed by atoms with Gasteiger partial charge in [-0.3, -0.25) is 5.10 Å². The second-order valence-corrected chi connectivity index (χ2v) is 4.63. The second-order valence-electron chi connectivity index (χ2n) is 4.63. The van der Waals surface area contributed by atoms with E-state index in [2.05, 4.69) is 22.3 Å². The van der Waals surface area contributed by atoms with Crippen molar-refractivity contribution in [3.63, 3.8) is 0 Å². The van der Waals surface area contributed by atoms with Gasteiger partial charge < -0.3 is 5.11 Å². The van der Waals surface area contributed by atoms with Crippen molar-refractivity contribution in [3.05, 3.63) is 29.1 Å². The van der Waals surface area contributed by atoms with Crippen LogP contribution in [0.4, 0.5) is 0 Å². The Morgan fingerprint density at radius 3 is 3.19 bits per heavy atom. The zero-order chi connectivity index (χ0) is 11.3. The number of fused-ring (bicyclic) bond motifs is 3. The fraction of sp³-hybridized carbons (Fsp3) is 0.500. The summed E-state index contributed by atoms with van der Waals surface area (Å²) in [4.78, 5) is 10.9. The van der Waals surface area contributed by atoms with Gasteiger partial charge in [-0.25, -0.2) is 4.79 Å². The summed E-state index contributed by atoms with van der Waals surface area (Å²) in [7, 11) is 0. The van der Waals surface area contributed by atoms with E-state index in [0.717, 1.165) is 24.1 Å². The smallest absolute Gasteiger partial charge is 0.354 e. The fourth-order valence-electron chi connectivity index (χ4n) is 3.02. The SMILES string of the molecule is C/C=C/CC1[C@H]2c3n[nH]c(C(=O)O)c3C[C@@H]12. The Bertz CT molecular complexity index is 475. The molecule has 3 atom stereocenters. The number of carboxylic acids is 1. The average Bonchev–Trinajstić information content (AvgIpc) is 2.60. The monoisotopic (exact) mass is 218 g/mol. The number of hydrogen-bond acceptors (Lipinski definition) is 2. The normalized spacial score (nSPS) is 30.4. The van der Waals surface area contributed by atoms with E-state index in [0.29, 0.717) is 23.4 Å². The van der Waals surface area contributed by atoms with Gasteiger partial charge in [-0.1, -0.05) is 12.2 Å². The number of carboxylic acid groups (broad SMARTS) is 1. The standard InChI is InChI=1S/C12H14N2O2/c1-2-3-4-6-7-5-8-10(9(6)7)13-14-11(8)12(15)16/h2-3,6-7,9H,4-5H2,1H3,(H,13,14)(H,15,16)/b3-2+/t6?,7-,9+/m0/s1. The highest BCUT2D eigenvalue weighted by Gasteiger charge is 2.57. The minimum Gasteiger partial charge on any atom is -0.477 e. The Balaban J connectivity index is 1.83. The molecule has 84 valence electrons. The van der Waals surface area contributed by atoms with Crippen LogP contribution in [0.3, 0.4) is 0 Å². The van der Waals surface area contributed by atoms with E-state index in [-0.39, 0.29) is 0 Å². The third kappa shape index (κ3) is 1.16. The van der Waals surface area contributed by atoms with Crippen molar-refractivity contribution in [2.45, 2.75) is 25.7 Å². The van der Waals surface area contributed by atoms with E-state index in [1.54, 1.807) is 0 Å². The molecule has 0 saturated heterocycles. The van der Waals surface area contributed by atoms with Crippen LogP contribution in [0.2, 0.25) is 0 Å². The molecule has 16 heavy (non-hydrogen) atoms. The average molecular weight is 218 g/mol. The lowest BCUT2D eigenvalue weighted by molar-refractivity contribution is 0.0689. The van der Waals surface area contributed by atoms with Crippen molar-refractivity contribution in [1.82, 2.24) is 10.2 Å². The summed E-state index contributed by atoms with van der Waals surface area (Å²) < 4.78 is 0. The highest BCUT2D eigenvalue weighted by molar-refractivity contribution is 5.87. The van der Waals surface area contributed by atoms with E-state index < -0.39 is 5.97 Å². The number of H-pyrrole nitrogens is 1. The maximum absolute atomic E-state index is 10.9. The van der Waals surface area contributed by atoms with Gasteiger partial charge in [0.1, 0.15) is 5.69 Å². The molecule has 0 bridgehead atoms. The third-order valence-corrected chi connectivity index (χ3v) is 3.84. The number of rotatable bonds is 3. The molecule has 4 heteroatoms. The van der Waals surface area contributed by atoms with Crippen LogP contribution in [0.25, 0.3) is 0 Å². The van der Waals surface area contributed by atoms with E-state index in [1.807, 2.05) is 6.92 Å². The maximum atomic E-state index is 10.9. The van der Waals surface area contributed by atoms with Crippen LogP contribution >= 0.6 is 0 Å². The molecular formula is C12H14N2O2. The number of hydrogen-bond donors (Lipinski definition) is 2. The number of aromatic carboxylic acids is 1. The summed E-state index contributed by atoms with van der Waals surface area (Å²) in [5.74, 6) is 0.950. The highest BCUT2D eigenvalue weighted by Crippen LogP contribution is 2.62. The molecule has 0 aromatic carbocycles. The van der Waals surface area contributed by atoms with Crippen LogP contribution in [-0.2, 0) is 6.42 Å². The summed E-state index contributed by atoms with van der Waals surface area (Å²) in [6.07, 6.45) is 6.25. The predicted octanol–water partition coefficient (Wildman–Crippen LogP) is 1.96. The molecule has 1 unspecified atom stereocenters. The summed E-state index contributed by atoms with van der Waals surface area (Å²) in [5.41, 5.74) is 2.25. The minimum atomic E-state index is -0.889. The van der Waals surface area contributed by atoms with Crippen LogP contribution in [0, 0.1) is 11.8 Å². The number of nitrogens with one attached hydrogen (secondary N) is 1. The molecule has 4 nitrogen and oxygen atoms in total. The maximum Gasteiger partial charge on any atom is 0.354 e. The van der Waals surface area contributed by atoms with Gasteiger partial charge >= 0.3 is 5.97 Å². The van der Waals surface area contributed by atoms with Gasteiger partial charge in [-0.2, -0.15) is 5.10 Å². The molecule has 3 rings (SSSR count). The first-order chi connectivity index (χ1) is 7.74. The van der Waals surface area contributed by atoms with Gasteiger partial charge in [0, 0.05) is 11.5 Å². The molecule has 1 aromatic rings. The van der Waals surface area contributed by atoms with Crippen LogP contribution in [-0.4, -0.2) is 21.3 Å². The molecule has 2 aliphatic rings. The zero-order valence-electron chi connectivity index (χ0n) is 9.10. The lowest BCUT2D eigenvalue weighted by Gasteiger charge is -2.00. The minimum absolute atomic E-state index is 0.298. The van der Waals surface area contributed by atoms with Crippen LogP contribution in [0.15, 0.2) is 12.2 Å². The number of allylic oxidation sites excluding steroid dienone is 2. The summed E-state index contributed by atoms with van der Waals surface area (Å²) in [6.45, 7) is 2.03. The predicted molar refractivity (Wildman–Crippen MR) is 58.4 cm³/mol. The molecule has 1 saturated carbocycles. The Labute approximate surface area is 93.4 Å². The van der Waals surface area contributed by atoms with Crippen LogP contribution in [0.5, 0.6) is 0 Å². The molecule has 1 aromatic heterocycles. The van der Waals surface area contributed by atoms with Crippen LogP contribution in [0.1, 0.15) is 41.0 Å². The molecule has 0 spiro atoms. The van der Waals surface area contributed by atoms with Gasteiger partial charge in [0.25, 0.3) is 0 Å².